The van der Waals surface area contributed by atoms with Crippen molar-refractivity contribution in [1.29, 1.82) is 0 Å². The highest BCUT2D eigenvalue weighted by Crippen LogP contribution is 2.23. The van der Waals surface area contributed by atoms with E-state index >= 15 is 0 Å². The molecule has 0 heterocycles. The molecule has 1 aromatic rings. The molecule has 0 spiro atoms. The number of hydrogen-bond acceptors (Lipinski definition) is 1. The average Bonchev–Trinajstić information content (AvgIpc) is 2.03. The first kappa shape index (κ1) is 10.4. The average molecular weight is 207 g/mol. The van der Waals surface area contributed by atoms with Crippen LogP contribution in [0.3, 0.4) is 0 Å². The third-order valence-electron chi connectivity index (χ3n) is 1.72. The van der Waals surface area contributed by atoms with Crippen molar-refractivity contribution in [2.75, 3.05) is 0 Å². The van der Waals surface area contributed by atoms with E-state index in [9.17, 15) is 13.9 Å². The summed E-state index contributed by atoms with van der Waals surface area (Å²) in [4.78, 5) is 0. The van der Waals surface area contributed by atoms with Crippen molar-refractivity contribution in [1.82, 2.24) is 0 Å². The largest absolute Gasteiger partial charge is 0.387 e. The van der Waals surface area contributed by atoms with Crippen molar-refractivity contribution in [2.24, 2.45) is 0 Å². The molecule has 0 saturated carbocycles. The lowest BCUT2D eigenvalue weighted by Crippen LogP contribution is -2.10. The fourth-order valence-corrected chi connectivity index (χ4v) is 1.12. The van der Waals surface area contributed by atoms with Gasteiger partial charge < -0.3 is 5.11 Å². The lowest BCUT2D eigenvalue weighted by atomic mass is 10.1. The molecule has 2 unspecified atom stereocenters. The van der Waals surface area contributed by atoms with E-state index in [1.165, 1.54) is 13.0 Å². The summed E-state index contributed by atoms with van der Waals surface area (Å²) < 4.78 is 25.5. The van der Waals surface area contributed by atoms with Crippen LogP contribution in [0.25, 0.3) is 0 Å². The summed E-state index contributed by atoms with van der Waals surface area (Å²) in [5.41, 5.74) is 0.0175. The zero-order chi connectivity index (χ0) is 10.0. The minimum Gasteiger partial charge on any atom is -0.387 e. The molecule has 0 amide bonds. The Labute approximate surface area is 80.0 Å². The summed E-state index contributed by atoms with van der Waals surface area (Å²) in [5, 5.41) is 8.76. The Morgan fingerprint density at radius 2 is 2.00 bits per heavy atom. The Hall–Kier alpha value is -0.670. The molecule has 0 saturated heterocycles. The molecule has 0 aliphatic heterocycles. The maximum atomic E-state index is 13.0. The highest BCUT2D eigenvalue weighted by Gasteiger charge is 2.17. The summed E-state index contributed by atoms with van der Waals surface area (Å²) >= 11 is 5.56. The molecule has 72 valence electrons. The van der Waals surface area contributed by atoms with Crippen LogP contribution in [0.2, 0.25) is 0 Å². The molecular formula is C9H9ClF2O. The van der Waals surface area contributed by atoms with Crippen LogP contribution in [0.4, 0.5) is 8.78 Å². The topological polar surface area (TPSA) is 20.2 Å². The zero-order valence-corrected chi connectivity index (χ0v) is 7.72. The fourth-order valence-electron chi connectivity index (χ4n) is 0.989. The molecule has 0 aromatic heterocycles. The maximum absolute atomic E-state index is 13.0. The van der Waals surface area contributed by atoms with Gasteiger partial charge in [-0.3, -0.25) is 0 Å². The highest BCUT2D eigenvalue weighted by atomic mass is 35.5. The van der Waals surface area contributed by atoms with E-state index in [-0.39, 0.29) is 5.56 Å². The predicted octanol–water partition coefficient (Wildman–Crippen LogP) is 2.63. The normalized spacial score (nSPS) is 15.5. The Morgan fingerprint density at radius 3 is 2.46 bits per heavy atom. The summed E-state index contributed by atoms with van der Waals surface area (Å²) in [6.07, 6.45) is -1.11. The highest BCUT2D eigenvalue weighted by molar-refractivity contribution is 6.20. The Bertz CT molecular complexity index is 302. The van der Waals surface area contributed by atoms with Gasteiger partial charge in [0.2, 0.25) is 0 Å². The molecule has 0 bridgehead atoms. The number of aliphatic hydroxyl groups is 1. The first-order valence-corrected chi connectivity index (χ1v) is 4.23. The third-order valence-corrected chi connectivity index (χ3v) is 1.95. The van der Waals surface area contributed by atoms with Crippen LogP contribution in [0.1, 0.15) is 18.6 Å². The lowest BCUT2D eigenvalue weighted by Gasteiger charge is -2.13. The number of hydrogen-bond donors (Lipinski definition) is 1. The van der Waals surface area contributed by atoms with E-state index in [1.807, 2.05) is 0 Å². The predicted molar refractivity (Wildman–Crippen MR) is 46.6 cm³/mol. The minimum absolute atomic E-state index is 0.0175. The van der Waals surface area contributed by atoms with Crippen LogP contribution in [0, 0.1) is 11.6 Å². The van der Waals surface area contributed by atoms with E-state index in [2.05, 4.69) is 0 Å². The standard InChI is InChI=1S/C9H9ClF2O/c1-5(10)9(13)7-3-2-6(11)4-8(7)12/h2-5,9,13H,1H3. The van der Waals surface area contributed by atoms with Crippen LogP contribution in [-0.2, 0) is 0 Å². The van der Waals surface area contributed by atoms with Gasteiger partial charge in [0, 0.05) is 11.6 Å². The van der Waals surface area contributed by atoms with Gasteiger partial charge in [0.15, 0.2) is 0 Å². The second-order valence-electron chi connectivity index (χ2n) is 2.79. The lowest BCUT2D eigenvalue weighted by molar-refractivity contribution is 0.172. The van der Waals surface area contributed by atoms with Gasteiger partial charge in [-0.15, -0.1) is 11.6 Å². The molecule has 1 N–H and O–H groups in total. The molecular weight excluding hydrogens is 198 g/mol. The van der Waals surface area contributed by atoms with Crippen molar-refractivity contribution in [2.45, 2.75) is 18.4 Å². The number of alkyl halides is 1. The quantitative estimate of drug-likeness (QED) is 0.738. The molecule has 13 heavy (non-hydrogen) atoms. The molecule has 0 radical (unpaired) electrons. The van der Waals surface area contributed by atoms with Crippen LogP contribution >= 0.6 is 11.6 Å². The SMILES string of the molecule is CC(Cl)C(O)c1ccc(F)cc1F. The van der Waals surface area contributed by atoms with Crippen LogP contribution in [-0.4, -0.2) is 10.5 Å². The van der Waals surface area contributed by atoms with Gasteiger partial charge in [-0.25, -0.2) is 8.78 Å². The van der Waals surface area contributed by atoms with Crippen molar-refractivity contribution in [3.8, 4) is 0 Å². The van der Waals surface area contributed by atoms with E-state index in [0.717, 1.165) is 12.1 Å². The molecule has 1 rings (SSSR count). The van der Waals surface area contributed by atoms with Gasteiger partial charge in [0.25, 0.3) is 0 Å². The van der Waals surface area contributed by atoms with Crippen molar-refractivity contribution in [3.05, 3.63) is 35.4 Å². The number of rotatable bonds is 2. The third kappa shape index (κ3) is 2.39. The van der Waals surface area contributed by atoms with E-state index in [4.69, 9.17) is 11.6 Å². The second-order valence-corrected chi connectivity index (χ2v) is 3.48. The molecule has 1 aromatic carbocycles. The molecule has 0 aliphatic rings. The van der Waals surface area contributed by atoms with E-state index in [0.29, 0.717) is 0 Å². The van der Waals surface area contributed by atoms with Crippen LogP contribution < -0.4 is 0 Å². The second kappa shape index (κ2) is 4.03. The number of benzene rings is 1. The fraction of sp³-hybridized carbons (Fsp3) is 0.333. The molecule has 2 atom stereocenters. The van der Waals surface area contributed by atoms with Gasteiger partial charge in [-0.2, -0.15) is 0 Å². The Kier molecular flexibility index (Phi) is 3.22. The van der Waals surface area contributed by atoms with Gasteiger partial charge in [-0.05, 0) is 13.0 Å². The number of aliphatic hydroxyl groups excluding tert-OH is 1. The van der Waals surface area contributed by atoms with Gasteiger partial charge in [-0.1, -0.05) is 6.07 Å². The summed E-state index contributed by atoms with van der Waals surface area (Å²) in [5.74, 6) is -1.45. The smallest absolute Gasteiger partial charge is 0.131 e. The van der Waals surface area contributed by atoms with Gasteiger partial charge >= 0.3 is 0 Å². The summed E-state index contributed by atoms with van der Waals surface area (Å²) in [7, 11) is 0. The van der Waals surface area contributed by atoms with Crippen LogP contribution in [0.15, 0.2) is 18.2 Å². The zero-order valence-electron chi connectivity index (χ0n) is 6.97. The van der Waals surface area contributed by atoms with Gasteiger partial charge in [0.1, 0.15) is 11.6 Å². The van der Waals surface area contributed by atoms with E-state index in [1.54, 1.807) is 0 Å². The van der Waals surface area contributed by atoms with Crippen molar-refractivity contribution >= 4 is 11.6 Å². The summed E-state index contributed by atoms with van der Waals surface area (Å²) in [6.45, 7) is 1.54. The monoisotopic (exact) mass is 206 g/mol. The summed E-state index contributed by atoms with van der Waals surface area (Å²) in [6, 6.07) is 2.99. The Balaban J connectivity index is 3.01. The maximum Gasteiger partial charge on any atom is 0.131 e. The molecule has 1 nitrogen and oxygen atoms in total. The minimum atomic E-state index is -1.11. The first-order valence-electron chi connectivity index (χ1n) is 3.79. The van der Waals surface area contributed by atoms with Crippen LogP contribution in [0.5, 0.6) is 0 Å². The Morgan fingerprint density at radius 1 is 1.38 bits per heavy atom. The molecule has 0 fully saturated rings. The molecule has 4 heteroatoms. The van der Waals surface area contributed by atoms with Gasteiger partial charge in [0.05, 0.1) is 11.5 Å². The number of halogens is 3. The van der Waals surface area contributed by atoms with Crippen molar-refractivity contribution in [3.63, 3.8) is 0 Å². The van der Waals surface area contributed by atoms with E-state index < -0.39 is 23.1 Å². The van der Waals surface area contributed by atoms with Crippen molar-refractivity contribution < 1.29 is 13.9 Å². The first-order chi connectivity index (χ1) is 6.02. The molecule has 0 aliphatic carbocycles.